The first kappa shape index (κ1) is 18.0. The van der Waals surface area contributed by atoms with Crippen LogP contribution in [0.3, 0.4) is 0 Å². The number of benzene rings is 2. The number of carbonyl (C=O) groups is 2. The lowest BCUT2D eigenvalue weighted by Crippen LogP contribution is -2.31. The molecule has 0 radical (unpaired) electrons. The van der Waals surface area contributed by atoms with Crippen molar-refractivity contribution in [3.8, 4) is 5.75 Å². The monoisotopic (exact) mass is 381 g/mol. The molecule has 0 N–H and O–H groups in total. The van der Waals surface area contributed by atoms with Crippen LogP contribution in [0.15, 0.2) is 53.6 Å². The summed E-state index contributed by atoms with van der Waals surface area (Å²) in [5.41, 5.74) is -0.479. The van der Waals surface area contributed by atoms with Gasteiger partial charge in [-0.05, 0) is 42.0 Å². The molecule has 0 spiro atoms. The third-order valence-corrected chi connectivity index (χ3v) is 4.21. The van der Waals surface area contributed by atoms with E-state index in [1.165, 1.54) is 7.11 Å². The van der Waals surface area contributed by atoms with Gasteiger partial charge >= 0.3 is 6.18 Å². The quantitative estimate of drug-likeness (QED) is 0.747. The van der Waals surface area contributed by atoms with E-state index in [0.29, 0.717) is 11.3 Å². The van der Waals surface area contributed by atoms with E-state index >= 15 is 0 Å². The van der Waals surface area contributed by atoms with Gasteiger partial charge in [0, 0.05) is 0 Å². The molecule has 0 aliphatic carbocycles. The molecule has 3 rings (SSSR count). The van der Waals surface area contributed by atoms with Gasteiger partial charge in [0.2, 0.25) is 0 Å². The number of nitrogens with zero attached hydrogens (tertiary/aromatic N) is 1. The minimum atomic E-state index is -4.51. The predicted octanol–water partition coefficient (Wildman–Crippen LogP) is 4.24. The topological polar surface area (TPSA) is 46.6 Å². The molecule has 0 aromatic heterocycles. The van der Waals surface area contributed by atoms with Gasteiger partial charge in [-0.1, -0.05) is 23.7 Å². The number of amides is 2. The summed E-state index contributed by atoms with van der Waals surface area (Å²) >= 11 is 6.04. The van der Waals surface area contributed by atoms with Crippen LogP contribution in [-0.2, 0) is 15.8 Å². The highest BCUT2D eigenvalue weighted by Gasteiger charge is 2.39. The molecule has 8 heteroatoms. The molecule has 2 aromatic carbocycles. The predicted molar refractivity (Wildman–Crippen MR) is 89.7 cm³/mol. The van der Waals surface area contributed by atoms with E-state index < -0.39 is 23.6 Å². The van der Waals surface area contributed by atoms with Gasteiger partial charge in [-0.2, -0.15) is 13.2 Å². The van der Waals surface area contributed by atoms with Crippen LogP contribution in [0.4, 0.5) is 18.9 Å². The minimum Gasteiger partial charge on any atom is -0.497 e. The first-order valence-corrected chi connectivity index (χ1v) is 7.72. The Labute approximate surface area is 151 Å². The van der Waals surface area contributed by atoms with Crippen molar-refractivity contribution >= 4 is 34.7 Å². The summed E-state index contributed by atoms with van der Waals surface area (Å²) in [4.78, 5) is 25.8. The van der Waals surface area contributed by atoms with Gasteiger partial charge < -0.3 is 4.74 Å². The average Bonchev–Trinajstić information content (AvgIpc) is 2.84. The minimum absolute atomic E-state index is 0.00895. The first-order valence-electron chi connectivity index (χ1n) is 7.34. The van der Waals surface area contributed by atoms with Crippen molar-refractivity contribution in [2.45, 2.75) is 6.18 Å². The van der Waals surface area contributed by atoms with Crippen molar-refractivity contribution in [1.29, 1.82) is 0 Å². The third-order valence-electron chi connectivity index (χ3n) is 3.86. The summed E-state index contributed by atoms with van der Waals surface area (Å²) < 4.78 is 43.0. The standard InChI is InChI=1S/C18H11ClF3NO3/c1-26-13-8-2-10(3-9-13)14-15(19)17(25)23(16(14)24)12-6-4-11(5-7-12)18(20,21)22/h2-9H,1H3. The van der Waals surface area contributed by atoms with Gasteiger partial charge in [-0.25, -0.2) is 4.90 Å². The van der Waals surface area contributed by atoms with E-state index in [9.17, 15) is 22.8 Å². The maximum atomic E-state index is 12.7. The fourth-order valence-electron chi connectivity index (χ4n) is 2.54. The summed E-state index contributed by atoms with van der Waals surface area (Å²) in [7, 11) is 1.48. The number of ether oxygens (including phenoxy) is 1. The summed E-state index contributed by atoms with van der Waals surface area (Å²) in [6.07, 6.45) is -4.51. The Bertz CT molecular complexity index is 903. The van der Waals surface area contributed by atoms with Gasteiger partial charge in [0.05, 0.1) is 23.9 Å². The number of alkyl halides is 3. The zero-order chi connectivity index (χ0) is 19.1. The van der Waals surface area contributed by atoms with E-state index in [1.807, 2.05) is 0 Å². The summed E-state index contributed by atoms with van der Waals surface area (Å²) in [6, 6.07) is 10.1. The van der Waals surface area contributed by atoms with Crippen LogP contribution in [0.1, 0.15) is 11.1 Å². The van der Waals surface area contributed by atoms with Crippen molar-refractivity contribution in [3.63, 3.8) is 0 Å². The van der Waals surface area contributed by atoms with Crippen molar-refractivity contribution in [2.75, 3.05) is 12.0 Å². The number of halogens is 4. The fraction of sp³-hybridized carbons (Fsp3) is 0.111. The lowest BCUT2D eigenvalue weighted by Gasteiger charge is -2.16. The van der Waals surface area contributed by atoms with Crippen LogP contribution < -0.4 is 9.64 Å². The van der Waals surface area contributed by atoms with E-state index in [-0.39, 0.29) is 16.3 Å². The maximum absolute atomic E-state index is 12.7. The molecule has 0 bridgehead atoms. The smallest absolute Gasteiger partial charge is 0.416 e. The molecule has 0 atom stereocenters. The normalized spacial score (nSPS) is 15.0. The lowest BCUT2D eigenvalue weighted by atomic mass is 10.1. The Balaban J connectivity index is 1.95. The summed E-state index contributed by atoms with van der Waals surface area (Å²) in [5.74, 6) is -0.936. The lowest BCUT2D eigenvalue weighted by molar-refractivity contribution is -0.137. The highest BCUT2D eigenvalue weighted by molar-refractivity contribution is 6.60. The van der Waals surface area contributed by atoms with Crippen LogP contribution in [0, 0.1) is 0 Å². The molecule has 0 unspecified atom stereocenters. The van der Waals surface area contributed by atoms with Gasteiger partial charge in [0.1, 0.15) is 10.8 Å². The van der Waals surface area contributed by atoms with Crippen LogP contribution in [0.25, 0.3) is 5.57 Å². The second-order valence-corrected chi connectivity index (χ2v) is 5.79. The Morgan fingerprint density at radius 1 is 0.923 bits per heavy atom. The molecule has 26 heavy (non-hydrogen) atoms. The van der Waals surface area contributed by atoms with Crippen molar-refractivity contribution in [3.05, 3.63) is 64.7 Å². The SMILES string of the molecule is COc1ccc(C2=C(Cl)C(=O)N(c3ccc(C(F)(F)F)cc3)C2=O)cc1. The van der Waals surface area contributed by atoms with Gasteiger partial charge in [-0.3, -0.25) is 9.59 Å². The van der Waals surface area contributed by atoms with Crippen LogP contribution >= 0.6 is 11.6 Å². The van der Waals surface area contributed by atoms with Crippen molar-refractivity contribution in [1.82, 2.24) is 0 Å². The number of imide groups is 1. The molecular weight excluding hydrogens is 371 g/mol. The number of hydrogen-bond acceptors (Lipinski definition) is 3. The zero-order valence-corrected chi connectivity index (χ0v) is 14.1. The molecule has 1 heterocycles. The Morgan fingerprint density at radius 2 is 1.50 bits per heavy atom. The fourth-order valence-corrected chi connectivity index (χ4v) is 2.82. The summed E-state index contributed by atoms with van der Waals surface area (Å²) in [5, 5.41) is -0.292. The van der Waals surface area contributed by atoms with E-state index in [2.05, 4.69) is 0 Å². The van der Waals surface area contributed by atoms with Gasteiger partial charge in [0.15, 0.2) is 0 Å². The maximum Gasteiger partial charge on any atom is 0.416 e. The Hall–Kier alpha value is -2.80. The van der Waals surface area contributed by atoms with Crippen molar-refractivity contribution in [2.24, 2.45) is 0 Å². The number of hydrogen-bond donors (Lipinski definition) is 0. The third kappa shape index (κ3) is 3.06. The molecule has 0 saturated carbocycles. The molecule has 0 saturated heterocycles. The molecule has 2 aromatic rings. The average molecular weight is 382 g/mol. The number of carbonyl (C=O) groups excluding carboxylic acids is 2. The molecule has 2 amide bonds. The first-order chi connectivity index (χ1) is 12.2. The Kier molecular flexibility index (Phi) is 4.50. The second kappa shape index (κ2) is 6.49. The molecule has 1 aliphatic heterocycles. The van der Waals surface area contributed by atoms with Crippen molar-refractivity contribution < 1.29 is 27.5 Å². The van der Waals surface area contributed by atoms with Gasteiger partial charge in [0.25, 0.3) is 11.8 Å². The molecule has 0 fully saturated rings. The van der Waals surface area contributed by atoms with E-state index in [1.54, 1.807) is 24.3 Å². The molecule has 4 nitrogen and oxygen atoms in total. The zero-order valence-electron chi connectivity index (χ0n) is 13.3. The van der Waals surface area contributed by atoms with Crippen LogP contribution in [0.5, 0.6) is 5.75 Å². The highest BCUT2D eigenvalue weighted by Crippen LogP contribution is 2.36. The highest BCUT2D eigenvalue weighted by atomic mass is 35.5. The van der Waals surface area contributed by atoms with Gasteiger partial charge in [-0.15, -0.1) is 0 Å². The largest absolute Gasteiger partial charge is 0.497 e. The summed E-state index contributed by atoms with van der Waals surface area (Å²) in [6.45, 7) is 0. The Morgan fingerprint density at radius 3 is 2.00 bits per heavy atom. The number of anilines is 1. The molecule has 134 valence electrons. The molecular formula is C18H11ClF3NO3. The van der Waals surface area contributed by atoms with E-state index in [4.69, 9.17) is 16.3 Å². The van der Waals surface area contributed by atoms with Crippen LogP contribution in [-0.4, -0.2) is 18.9 Å². The molecule has 1 aliphatic rings. The van der Waals surface area contributed by atoms with E-state index in [0.717, 1.165) is 29.2 Å². The second-order valence-electron chi connectivity index (χ2n) is 5.41. The number of rotatable bonds is 3. The van der Waals surface area contributed by atoms with Crippen LogP contribution in [0.2, 0.25) is 0 Å². The number of methoxy groups -OCH3 is 1.